The lowest BCUT2D eigenvalue weighted by Crippen LogP contribution is -2.26. The average molecular weight is 1050 g/mol. The number of nitrogens with zero attached hydrogens (tertiary/aromatic N) is 2. The van der Waals surface area contributed by atoms with Gasteiger partial charge in [-0.1, -0.05) is 303 Å². The molecule has 1 heterocycles. The van der Waals surface area contributed by atoms with E-state index in [0.29, 0.717) is 0 Å². The summed E-state index contributed by atoms with van der Waals surface area (Å²) >= 11 is 0. The van der Waals surface area contributed by atoms with Gasteiger partial charge in [-0.05, 0) is 138 Å². The van der Waals surface area contributed by atoms with Crippen LogP contribution in [0.3, 0.4) is 0 Å². The molecule has 0 N–H and O–H groups in total. The minimum Gasteiger partial charge on any atom is -0.243 e. The predicted molar refractivity (Wildman–Crippen MR) is 338 cm³/mol. The lowest BCUT2D eigenvalue weighted by molar-refractivity contribution is 0.315. The van der Waals surface area contributed by atoms with Gasteiger partial charge < -0.3 is 0 Å². The van der Waals surface area contributed by atoms with E-state index in [1.54, 1.807) is 16.7 Å². The van der Waals surface area contributed by atoms with Crippen LogP contribution in [0.15, 0.2) is 150 Å². The number of hydrogen-bond acceptors (Lipinski definition) is 3. The zero-order chi connectivity index (χ0) is 54.3. The molecule has 412 valence electrons. The fourth-order valence-corrected chi connectivity index (χ4v) is 14.4. The Balaban J connectivity index is 1.08. The molecule has 3 nitrogen and oxygen atoms in total. The molecule has 0 aliphatic heterocycles. The van der Waals surface area contributed by atoms with Gasteiger partial charge >= 0.3 is 0 Å². The van der Waals surface area contributed by atoms with Crippen molar-refractivity contribution in [1.29, 1.82) is 0 Å². The fourth-order valence-electron chi connectivity index (χ4n) is 14.4. The van der Waals surface area contributed by atoms with Crippen molar-refractivity contribution >= 4 is 11.0 Å². The standard InChI is InChI=1S/C76H92N2O/c1-5-9-13-17-21-31-49-75(50-32-22-18-14-10-6-2)69-53-59(57-35-27-25-28-36-57)39-43-65(69)66-44-40-60(54-70(66)75)61-41-45-67-68-46-42-62(64-48-47-63(58-37-29-26-30-38-58)73-74(64)78-79-77-73)56-72(68)76(71(67)55-61,51-33-23-19-15-11-7-3)52-34-24-20-16-12-8-4/h25-30,35-48,53-56H,5-24,31-34,49-52H2,1-4H3. The van der Waals surface area contributed by atoms with E-state index in [1.807, 2.05) is 0 Å². The molecule has 0 radical (unpaired) electrons. The molecular weight excluding hydrogens is 957 g/mol. The van der Waals surface area contributed by atoms with E-state index >= 15 is 0 Å². The number of aromatic nitrogens is 2. The first-order valence-electron chi connectivity index (χ1n) is 32.0. The van der Waals surface area contributed by atoms with E-state index in [9.17, 15) is 0 Å². The molecule has 0 fully saturated rings. The van der Waals surface area contributed by atoms with Crippen molar-refractivity contribution in [2.45, 2.75) is 218 Å². The molecule has 0 saturated heterocycles. The molecule has 0 amide bonds. The molecule has 10 rings (SSSR count). The number of rotatable bonds is 32. The minimum atomic E-state index is -0.0997. The van der Waals surface area contributed by atoms with Crippen molar-refractivity contribution in [2.24, 2.45) is 0 Å². The van der Waals surface area contributed by atoms with Gasteiger partial charge in [0.1, 0.15) is 11.0 Å². The number of hydrogen-bond donors (Lipinski definition) is 0. The zero-order valence-electron chi connectivity index (χ0n) is 49.0. The molecule has 7 aromatic carbocycles. The van der Waals surface area contributed by atoms with E-state index < -0.39 is 0 Å². The molecule has 0 bridgehead atoms. The van der Waals surface area contributed by atoms with Gasteiger partial charge in [0.15, 0.2) is 0 Å². The fraction of sp³-hybridized carbons (Fsp3) is 0.447. The molecule has 8 aromatic rings. The van der Waals surface area contributed by atoms with E-state index in [4.69, 9.17) is 4.63 Å². The molecule has 0 unspecified atom stereocenters. The summed E-state index contributed by atoms with van der Waals surface area (Å²) in [5.74, 6) is 0. The number of fused-ring (bicyclic) bond motifs is 7. The van der Waals surface area contributed by atoms with E-state index in [-0.39, 0.29) is 10.8 Å². The van der Waals surface area contributed by atoms with Crippen LogP contribution in [0.1, 0.15) is 230 Å². The van der Waals surface area contributed by atoms with Crippen LogP contribution in [0.2, 0.25) is 0 Å². The Morgan fingerprint density at radius 1 is 0.266 bits per heavy atom. The second-order valence-electron chi connectivity index (χ2n) is 24.1. The van der Waals surface area contributed by atoms with Gasteiger partial charge in [0.05, 0.1) is 0 Å². The van der Waals surface area contributed by atoms with Crippen LogP contribution in [0.5, 0.6) is 0 Å². The quantitative estimate of drug-likeness (QED) is 0.0395. The molecule has 2 aliphatic carbocycles. The third kappa shape index (κ3) is 12.3. The second kappa shape index (κ2) is 27.4. The number of benzene rings is 7. The van der Waals surface area contributed by atoms with Crippen molar-refractivity contribution in [3.63, 3.8) is 0 Å². The van der Waals surface area contributed by atoms with Crippen molar-refractivity contribution in [2.75, 3.05) is 0 Å². The Bertz CT molecular complexity index is 3160. The van der Waals surface area contributed by atoms with Gasteiger partial charge in [-0.3, -0.25) is 0 Å². The summed E-state index contributed by atoms with van der Waals surface area (Å²) in [5, 5.41) is 9.13. The van der Waals surface area contributed by atoms with Gasteiger partial charge in [-0.25, -0.2) is 4.63 Å². The van der Waals surface area contributed by atoms with Crippen LogP contribution in [-0.4, -0.2) is 10.3 Å². The van der Waals surface area contributed by atoms with Crippen LogP contribution < -0.4 is 0 Å². The highest BCUT2D eigenvalue weighted by Gasteiger charge is 2.45. The number of unbranched alkanes of at least 4 members (excludes halogenated alkanes) is 20. The van der Waals surface area contributed by atoms with Gasteiger partial charge in [-0.15, -0.1) is 0 Å². The van der Waals surface area contributed by atoms with Gasteiger partial charge in [0.25, 0.3) is 0 Å². The average Bonchev–Trinajstić information content (AvgIpc) is 3.73. The highest BCUT2D eigenvalue weighted by molar-refractivity contribution is 6.01. The first-order chi connectivity index (χ1) is 39.0. The SMILES string of the molecule is CCCCCCCCC1(CCCCCCCC)c2cc(-c3ccccc3)ccc2-c2ccc(-c3ccc4c(c3)C(CCCCCCCC)(CCCCCCCC)c3cc(-c5ccc(-c6ccccc6)c6nonc56)ccc3-4)cc21. The third-order valence-corrected chi connectivity index (χ3v) is 18.8. The summed E-state index contributed by atoms with van der Waals surface area (Å²) in [5.41, 5.74) is 23.4. The maximum Gasteiger partial charge on any atom is 0.143 e. The van der Waals surface area contributed by atoms with E-state index in [2.05, 4.69) is 184 Å². The summed E-state index contributed by atoms with van der Waals surface area (Å²) in [6.07, 6.45) is 36.1. The maximum atomic E-state index is 5.57. The van der Waals surface area contributed by atoms with Crippen molar-refractivity contribution in [1.82, 2.24) is 10.3 Å². The first kappa shape index (κ1) is 56.2. The third-order valence-electron chi connectivity index (χ3n) is 18.8. The van der Waals surface area contributed by atoms with Gasteiger partial charge in [-0.2, -0.15) is 0 Å². The van der Waals surface area contributed by atoms with Crippen LogP contribution in [0.4, 0.5) is 0 Å². The lowest BCUT2D eigenvalue weighted by atomic mass is 9.69. The molecule has 0 spiro atoms. The van der Waals surface area contributed by atoms with Crippen LogP contribution >= 0.6 is 0 Å². The van der Waals surface area contributed by atoms with Crippen LogP contribution in [0, 0.1) is 0 Å². The highest BCUT2D eigenvalue weighted by atomic mass is 16.6. The normalized spacial score (nSPS) is 13.7. The summed E-state index contributed by atoms with van der Waals surface area (Å²) in [6.45, 7) is 9.35. The molecule has 1 aromatic heterocycles. The highest BCUT2D eigenvalue weighted by Crippen LogP contribution is 2.58. The topological polar surface area (TPSA) is 38.9 Å². The van der Waals surface area contributed by atoms with Crippen molar-refractivity contribution in [3.8, 4) is 66.8 Å². The molecule has 0 saturated carbocycles. The predicted octanol–water partition coefficient (Wildman–Crippen LogP) is 23.4. The molecular formula is C76H92N2O. The Kier molecular flexibility index (Phi) is 19.5. The Morgan fingerprint density at radius 2 is 0.544 bits per heavy atom. The van der Waals surface area contributed by atoms with E-state index in [0.717, 1.165) is 40.6 Å². The smallest absolute Gasteiger partial charge is 0.143 e. The van der Waals surface area contributed by atoms with Crippen LogP contribution in [0.25, 0.3) is 77.8 Å². The Labute approximate surface area is 476 Å². The monoisotopic (exact) mass is 1050 g/mol. The Morgan fingerprint density at radius 3 is 0.911 bits per heavy atom. The zero-order valence-corrected chi connectivity index (χ0v) is 49.0. The van der Waals surface area contributed by atoms with Crippen LogP contribution in [-0.2, 0) is 10.8 Å². The van der Waals surface area contributed by atoms with E-state index in [1.165, 1.54) is 223 Å². The summed E-state index contributed by atoms with van der Waals surface area (Å²) in [7, 11) is 0. The lowest BCUT2D eigenvalue weighted by Gasteiger charge is -2.34. The maximum absolute atomic E-state index is 5.57. The van der Waals surface area contributed by atoms with Gasteiger partial charge in [0, 0.05) is 22.0 Å². The molecule has 79 heavy (non-hydrogen) atoms. The van der Waals surface area contributed by atoms with Gasteiger partial charge in [0.2, 0.25) is 0 Å². The first-order valence-corrected chi connectivity index (χ1v) is 32.0. The van der Waals surface area contributed by atoms with Crippen molar-refractivity contribution in [3.05, 3.63) is 168 Å². The van der Waals surface area contributed by atoms with Crippen molar-refractivity contribution < 1.29 is 4.63 Å². The largest absolute Gasteiger partial charge is 0.243 e. The minimum absolute atomic E-state index is 0.0201. The molecule has 0 atom stereocenters. The summed E-state index contributed by atoms with van der Waals surface area (Å²) in [4.78, 5) is 0. The molecule has 2 aliphatic rings. The Hall–Kier alpha value is -6.06. The summed E-state index contributed by atoms with van der Waals surface area (Å²) in [6, 6.07) is 56.5. The molecule has 3 heteroatoms. The second-order valence-corrected chi connectivity index (χ2v) is 24.1. The summed E-state index contributed by atoms with van der Waals surface area (Å²) < 4.78 is 5.57.